The second-order valence-corrected chi connectivity index (χ2v) is 3.50. The summed E-state index contributed by atoms with van der Waals surface area (Å²) in [6.07, 6.45) is 0. The number of hydrogen-bond acceptors (Lipinski definition) is 5. The molecule has 0 bridgehead atoms. The lowest BCUT2D eigenvalue weighted by atomic mass is 10.5. The summed E-state index contributed by atoms with van der Waals surface area (Å²) in [4.78, 5) is 24.1. The van der Waals surface area contributed by atoms with Gasteiger partial charge in [0.25, 0.3) is 5.56 Å². The molecule has 0 fully saturated rings. The summed E-state index contributed by atoms with van der Waals surface area (Å²) in [7, 11) is 0. The van der Waals surface area contributed by atoms with Crippen molar-refractivity contribution in [2.75, 3.05) is 5.75 Å². The smallest absolute Gasteiger partial charge is 0.273 e. The number of aryl methyl sites for hydroxylation is 1. The zero-order valence-electron chi connectivity index (χ0n) is 7.33. The Bertz CT molecular complexity index is 374. The maximum absolute atomic E-state index is 11.0. The zero-order valence-corrected chi connectivity index (χ0v) is 8.14. The fourth-order valence-corrected chi connectivity index (χ4v) is 1.22. The topological polar surface area (TPSA) is 75.7 Å². The van der Waals surface area contributed by atoms with Gasteiger partial charge < -0.3 is 0 Å². The number of H-pyrrole nitrogens is 1. The average Bonchev–Trinajstić information content (AvgIpc) is 2.07. The van der Waals surface area contributed by atoms with Gasteiger partial charge in [0.05, 0.1) is 5.75 Å². The average molecular weight is 199 g/mol. The van der Waals surface area contributed by atoms with Gasteiger partial charge in [-0.25, -0.2) is 0 Å². The fourth-order valence-electron chi connectivity index (χ4n) is 0.613. The minimum absolute atomic E-state index is 0.0354. The predicted octanol–water partition coefficient (Wildman–Crippen LogP) is 0.154. The van der Waals surface area contributed by atoms with Crippen molar-refractivity contribution >= 4 is 17.5 Å². The van der Waals surface area contributed by atoms with Crippen molar-refractivity contribution in [2.45, 2.75) is 19.0 Å². The highest BCUT2D eigenvalue weighted by atomic mass is 32.2. The van der Waals surface area contributed by atoms with Crippen molar-refractivity contribution in [1.82, 2.24) is 15.2 Å². The highest BCUT2D eigenvalue weighted by molar-refractivity contribution is 7.99. The van der Waals surface area contributed by atoms with E-state index < -0.39 is 0 Å². The third-order valence-electron chi connectivity index (χ3n) is 1.25. The van der Waals surface area contributed by atoms with Crippen molar-refractivity contribution in [3.8, 4) is 0 Å². The first-order chi connectivity index (χ1) is 6.09. The van der Waals surface area contributed by atoms with Gasteiger partial charge in [0.1, 0.15) is 11.5 Å². The molecular weight excluding hydrogens is 190 g/mol. The Balaban J connectivity index is 2.74. The highest BCUT2D eigenvalue weighted by Gasteiger charge is 2.01. The first-order valence-corrected chi connectivity index (χ1v) is 4.64. The number of aromatic amines is 1. The molecule has 0 radical (unpaired) electrons. The van der Waals surface area contributed by atoms with E-state index in [9.17, 15) is 9.59 Å². The molecule has 0 aromatic carbocycles. The van der Waals surface area contributed by atoms with Gasteiger partial charge >= 0.3 is 0 Å². The molecule has 1 N–H and O–H groups in total. The number of carbonyl (C=O) groups is 1. The molecule has 6 heteroatoms. The SMILES string of the molecule is CC(=O)CSc1nnc(C)c(=O)[nH]1. The van der Waals surface area contributed by atoms with Crippen molar-refractivity contribution in [3.05, 3.63) is 16.0 Å². The van der Waals surface area contributed by atoms with Gasteiger partial charge in [0, 0.05) is 0 Å². The van der Waals surface area contributed by atoms with Crippen LogP contribution in [0.25, 0.3) is 0 Å². The van der Waals surface area contributed by atoms with E-state index in [1.165, 1.54) is 18.7 Å². The van der Waals surface area contributed by atoms with E-state index in [0.717, 1.165) is 0 Å². The zero-order chi connectivity index (χ0) is 9.84. The summed E-state index contributed by atoms with van der Waals surface area (Å²) in [5, 5.41) is 7.73. The Morgan fingerprint density at radius 1 is 1.54 bits per heavy atom. The second-order valence-electron chi connectivity index (χ2n) is 2.54. The van der Waals surface area contributed by atoms with Gasteiger partial charge in [-0.3, -0.25) is 14.6 Å². The van der Waals surface area contributed by atoms with Crippen LogP contribution in [0.3, 0.4) is 0 Å². The Hall–Kier alpha value is -1.17. The molecule has 0 spiro atoms. The van der Waals surface area contributed by atoms with Crippen LogP contribution in [-0.4, -0.2) is 26.7 Å². The van der Waals surface area contributed by atoms with Crippen molar-refractivity contribution in [1.29, 1.82) is 0 Å². The number of thioether (sulfide) groups is 1. The predicted molar refractivity (Wildman–Crippen MR) is 48.8 cm³/mol. The van der Waals surface area contributed by atoms with Gasteiger partial charge in [-0.1, -0.05) is 11.8 Å². The molecule has 70 valence electrons. The summed E-state index contributed by atoms with van der Waals surface area (Å²) < 4.78 is 0. The summed E-state index contributed by atoms with van der Waals surface area (Å²) in [6.45, 7) is 3.05. The molecular formula is C7H9N3O2S. The number of hydrogen-bond donors (Lipinski definition) is 1. The number of aromatic nitrogens is 3. The number of carbonyl (C=O) groups excluding carboxylic acids is 1. The van der Waals surface area contributed by atoms with Crippen LogP contribution in [0.15, 0.2) is 9.95 Å². The fraction of sp³-hybridized carbons (Fsp3) is 0.429. The molecule has 0 unspecified atom stereocenters. The Morgan fingerprint density at radius 2 is 2.23 bits per heavy atom. The number of nitrogens with zero attached hydrogens (tertiary/aromatic N) is 2. The van der Waals surface area contributed by atoms with Crippen LogP contribution in [0.1, 0.15) is 12.6 Å². The minimum Gasteiger partial charge on any atom is -0.299 e. The summed E-state index contributed by atoms with van der Waals surface area (Å²) in [5.74, 6) is 0.335. The molecule has 1 heterocycles. The molecule has 0 atom stereocenters. The van der Waals surface area contributed by atoms with Crippen molar-refractivity contribution in [2.24, 2.45) is 0 Å². The second kappa shape index (κ2) is 4.18. The number of Topliss-reactive ketones (excluding diaryl/α,β-unsaturated/α-hetero) is 1. The van der Waals surface area contributed by atoms with Gasteiger partial charge in [0.15, 0.2) is 5.16 Å². The van der Waals surface area contributed by atoms with Gasteiger partial charge in [-0.2, -0.15) is 0 Å². The van der Waals surface area contributed by atoms with Crippen molar-refractivity contribution < 1.29 is 4.79 Å². The van der Waals surface area contributed by atoms with E-state index in [0.29, 0.717) is 16.6 Å². The van der Waals surface area contributed by atoms with E-state index in [-0.39, 0.29) is 11.3 Å². The van der Waals surface area contributed by atoms with Crippen LogP contribution in [0.2, 0.25) is 0 Å². The third-order valence-corrected chi connectivity index (χ3v) is 2.26. The first kappa shape index (κ1) is 9.91. The molecule has 0 saturated carbocycles. The van der Waals surface area contributed by atoms with Crippen LogP contribution in [0.5, 0.6) is 0 Å². The van der Waals surface area contributed by atoms with E-state index in [1.807, 2.05) is 0 Å². The summed E-state index contributed by atoms with van der Waals surface area (Å²) in [5.41, 5.74) is 0.0632. The third kappa shape index (κ3) is 2.98. The van der Waals surface area contributed by atoms with E-state index >= 15 is 0 Å². The monoisotopic (exact) mass is 199 g/mol. The Morgan fingerprint density at radius 3 is 2.77 bits per heavy atom. The number of ketones is 1. The van der Waals surface area contributed by atoms with Crippen molar-refractivity contribution in [3.63, 3.8) is 0 Å². The quantitative estimate of drug-likeness (QED) is 0.701. The Kier molecular flexibility index (Phi) is 3.18. The molecule has 5 nitrogen and oxygen atoms in total. The summed E-state index contributed by atoms with van der Waals surface area (Å²) in [6, 6.07) is 0. The molecule has 1 aromatic heterocycles. The van der Waals surface area contributed by atoms with E-state index in [4.69, 9.17) is 0 Å². The first-order valence-electron chi connectivity index (χ1n) is 3.65. The van der Waals surface area contributed by atoms with Crippen LogP contribution in [0, 0.1) is 6.92 Å². The molecule has 0 aliphatic heterocycles. The van der Waals surface area contributed by atoms with Crippen LogP contribution < -0.4 is 5.56 Å². The molecule has 13 heavy (non-hydrogen) atoms. The largest absolute Gasteiger partial charge is 0.299 e. The van der Waals surface area contributed by atoms with Crippen LogP contribution >= 0.6 is 11.8 Å². The lowest BCUT2D eigenvalue weighted by Gasteiger charge is -1.96. The van der Waals surface area contributed by atoms with Gasteiger partial charge in [0.2, 0.25) is 0 Å². The molecule has 0 saturated heterocycles. The highest BCUT2D eigenvalue weighted by Crippen LogP contribution is 2.08. The molecule has 1 aromatic rings. The molecule has 0 aliphatic rings. The Labute approximate surface area is 79.0 Å². The molecule has 0 aliphatic carbocycles. The summed E-state index contributed by atoms with van der Waals surface area (Å²) >= 11 is 1.17. The maximum Gasteiger partial charge on any atom is 0.273 e. The van der Waals surface area contributed by atoms with Gasteiger partial charge in [-0.15, -0.1) is 10.2 Å². The molecule has 0 amide bonds. The number of rotatable bonds is 3. The minimum atomic E-state index is -0.263. The normalized spacial score (nSPS) is 10.0. The molecule has 1 rings (SSSR count). The van der Waals surface area contributed by atoms with Crippen LogP contribution in [0.4, 0.5) is 0 Å². The standard InChI is InChI=1S/C7H9N3O2S/c1-4(11)3-13-7-8-6(12)5(2)9-10-7/h3H2,1-2H3,(H,8,10,12). The lowest BCUT2D eigenvalue weighted by molar-refractivity contribution is -0.114. The maximum atomic E-state index is 11.0. The van der Waals surface area contributed by atoms with E-state index in [2.05, 4.69) is 15.2 Å². The number of nitrogens with one attached hydrogen (secondary N) is 1. The lowest BCUT2D eigenvalue weighted by Crippen LogP contribution is -2.14. The van der Waals surface area contributed by atoms with Crippen LogP contribution in [-0.2, 0) is 4.79 Å². The van der Waals surface area contributed by atoms with Gasteiger partial charge in [-0.05, 0) is 13.8 Å². The van der Waals surface area contributed by atoms with E-state index in [1.54, 1.807) is 6.92 Å².